The van der Waals surface area contributed by atoms with Crippen molar-refractivity contribution < 1.29 is 4.79 Å². The molecule has 1 aromatic carbocycles. The molecule has 1 amide bonds. The molecule has 1 aliphatic rings. The first-order chi connectivity index (χ1) is 10.7. The summed E-state index contributed by atoms with van der Waals surface area (Å²) in [4.78, 5) is 27.1. The first kappa shape index (κ1) is 14.8. The third-order valence-corrected chi connectivity index (χ3v) is 4.33. The third kappa shape index (κ3) is 2.78. The molecule has 4 N–H and O–H groups in total. The third-order valence-electron chi connectivity index (χ3n) is 4.33. The number of rotatable bonds is 5. The number of nitrogens with one attached hydrogen (secondary N) is 2. The zero-order valence-electron chi connectivity index (χ0n) is 12.6. The van der Waals surface area contributed by atoms with Gasteiger partial charge in [-0.1, -0.05) is 12.8 Å². The van der Waals surface area contributed by atoms with Crippen LogP contribution in [0.15, 0.2) is 23.0 Å². The average molecular weight is 302 g/mol. The van der Waals surface area contributed by atoms with E-state index in [0.29, 0.717) is 18.7 Å². The van der Waals surface area contributed by atoms with Crippen molar-refractivity contribution in [1.29, 1.82) is 0 Å². The summed E-state index contributed by atoms with van der Waals surface area (Å²) in [5.74, 6) is -0.134. The van der Waals surface area contributed by atoms with E-state index in [2.05, 4.69) is 10.3 Å². The molecule has 0 atom stereocenters. The number of H-pyrrole nitrogens is 1. The van der Waals surface area contributed by atoms with Gasteiger partial charge in [-0.3, -0.25) is 9.36 Å². The van der Waals surface area contributed by atoms with Crippen molar-refractivity contribution in [3.05, 3.63) is 34.2 Å². The van der Waals surface area contributed by atoms with Crippen molar-refractivity contribution in [1.82, 2.24) is 14.9 Å². The number of carbonyl (C=O) groups is 1. The SMILES string of the molecule is NCCCNC(=O)c1ccc2c(c1)[nH]c(=O)n2C1CCCC1. The van der Waals surface area contributed by atoms with E-state index in [0.717, 1.165) is 30.3 Å². The topological polar surface area (TPSA) is 92.9 Å². The quantitative estimate of drug-likeness (QED) is 0.731. The monoisotopic (exact) mass is 302 g/mol. The maximum Gasteiger partial charge on any atom is 0.326 e. The Morgan fingerprint density at radius 2 is 2.14 bits per heavy atom. The largest absolute Gasteiger partial charge is 0.352 e. The van der Waals surface area contributed by atoms with Crippen molar-refractivity contribution in [2.75, 3.05) is 13.1 Å². The minimum absolute atomic E-state index is 0.0809. The Balaban J connectivity index is 1.88. The van der Waals surface area contributed by atoms with Crippen LogP contribution in [0.2, 0.25) is 0 Å². The van der Waals surface area contributed by atoms with Gasteiger partial charge < -0.3 is 16.0 Å². The molecular formula is C16H22N4O2. The number of fused-ring (bicyclic) bond motifs is 1. The van der Waals surface area contributed by atoms with E-state index in [1.807, 2.05) is 10.6 Å². The number of hydrogen-bond acceptors (Lipinski definition) is 3. The molecule has 0 saturated heterocycles. The van der Waals surface area contributed by atoms with Crippen LogP contribution in [0.4, 0.5) is 0 Å². The van der Waals surface area contributed by atoms with Gasteiger partial charge in [0.1, 0.15) is 0 Å². The number of nitrogens with zero attached hydrogens (tertiary/aromatic N) is 1. The lowest BCUT2D eigenvalue weighted by atomic mass is 10.1. The number of aromatic amines is 1. The fourth-order valence-corrected chi connectivity index (χ4v) is 3.20. The molecule has 0 bridgehead atoms. The van der Waals surface area contributed by atoms with Crippen LogP contribution in [0.1, 0.15) is 48.5 Å². The van der Waals surface area contributed by atoms with E-state index in [9.17, 15) is 9.59 Å². The van der Waals surface area contributed by atoms with Crippen molar-refractivity contribution in [3.8, 4) is 0 Å². The molecule has 118 valence electrons. The van der Waals surface area contributed by atoms with Gasteiger partial charge in [-0.2, -0.15) is 0 Å². The summed E-state index contributed by atoms with van der Waals surface area (Å²) in [6.07, 6.45) is 5.20. The second kappa shape index (κ2) is 6.36. The second-order valence-electron chi connectivity index (χ2n) is 5.87. The lowest BCUT2D eigenvalue weighted by Crippen LogP contribution is -2.25. The lowest BCUT2D eigenvalue weighted by Gasteiger charge is -2.11. The van der Waals surface area contributed by atoms with E-state index in [-0.39, 0.29) is 17.6 Å². The van der Waals surface area contributed by atoms with Crippen LogP contribution >= 0.6 is 0 Å². The Hall–Kier alpha value is -2.08. The van der Waals surface area contributed by atoms with E-state index < -0.39 is 0 Å². The summed E-state index contributed by atoms with van der Waals surface area (Å²) < 4.78 is 1.85. The Morgan fingerprint density at radius 1 is 1.36 bits per heavy atom. The normalized spacial score (nSPS) is 15.5. The number of hydrogen-bond donors (Lipinski definition) is 3. The smallest absolute Gasteiger partial charge is 0.326 e. The minimum atomic E-state index is -0.134. The van der Waals surface area contributed by atoms with E-state index >= 15 is 0 Å². The number of nitrogens with two attached hydrogens (primary N) is 1. The number of imidazole rings is 1. The van der Waals surface area contributed by atoms with Gasteiger partial charge in [-0.15, -0.1) is 0 Å². The maximum absolute atomic E-state index is 12.2. The summed E-state index contributed by atoms with van der Waals surface area (Å²) in [6, 6.07) is 5.67. The summed E-state index contributed by atoms with van der Waals surface area (Å²) in [5, 5.41) is 2.82. The highest BCUT2D eigenvalue weighted by Gasteiger charge is 2.21. The van der Waals surface area contributed by atoms with Gasteiger partial charge in [-0.25, -0.2) is 4.79 Å². The van der Waals surface area contributed by atoms with Gasteiger partial charge >= 0.3 is 5.69 Å². The average Bonchev–Trinajstić information content (AvgIpc) is 3.12. The Labute approximate surface area is 128 Å². The van der Waals surface area contributed by atoms with Crippen LogP contribution in [-0.4, -0.2) is 28.5 Å². The molecule has 22 heavy (non-hydrogen) atoms. The summed E-state index contributed by atoms with van der Waals surface area (Å²) >= 11 is 0. The van der Waals surface area contributed by atoms with Crippen LogP contribution in [0.5, 0.6) is 0 Å². The molecule has 0 unspecified atom stereocenters. The first-order valence-corrected chi connectivity index (χ1v) is 7.93. The summed E-state index contributed by atoms with van der Waals surface area (Å²) in [6.45, 7) is 1.11. The van der Waals surface area contributed by atoms with Gasteiger partial charge in [0.2, 0.25) is 0 Å². The molecule has 0 spiro atoms. The second-order valence-corrected chi connectivity index (χ2v) is 5.87. The van der Waals surface area contributed by atoms with Crippen LogP contribution in [0.25, 0.3) is 11.0 Å². The van der Waals surface area contributed by atoms with E-state index in [4.69, 9.17) is 5.73 Å². The van der Waals surface area contributed by atoms with Crippen LogP contribution in [0, 0.1) is 0 Å². The predicted molar refractivity (Wildman–Crippen MR) is 86.1 cm³/mol. The lowest BCUT2D eigenvalue weighted by molar-refractivity contribution is 0.0953. The highest BCUT2D eigenvalue weighted by Crippen LogP contribution is 2.30. The maximum atomic E-state index is 12.2. The highest BCUT2D eigenvalue weighted by atomic mass is 16.2. The van der Waals surface area contributed by atoms with Crippen molar-refractivity contribution >= 4 is 16.9 Å². The Bertz CT molecular complexity index is 725. The summed E-state index contributed by atoms with van der Waals surface area (Å²) in [7, 11) is 0. The zero-order valence-corrected chi connectivity index (χ0v) is 12.6. The number of carbonyl (C=O) groups excluding carboxylic acids is 1. The van der Waals surface area contributed by atoms with Gasteiger partial charge in [-0.05, 0) is 44.0 Å². The molecule has 1 fully saturated rings. The van der Waals surface area contributed by atoms with Gasteiger partial charge in [0.15, 0.2) is 0 Å². The van der Waals surface area contributed by atoms with Crippen molar-refractivity contribution in [2.45, 2.75) is 38.1 Å². The van der Waals surface area contributed by atoms with E-state index in [1.54, 1.807) is 12.1 Å². The molecular weight excluding hydrogens is 280 g/mol. The highest BCUT2D eigenvalue weighted by molar-refractivity contribution is 5.97. The van der Waals surface area contributed by atoms with E-state index in [1.165, 1.54) is 12.8 Å². The fourth-order valence-electron chi connectivity index (χ4n) is 3.20. The molecule has 6 heteroatoms. The zero-order chi connectivity index (χ0) is 15.5. The van der Waals surface area contributed by atoms with Crippen LogP contribution in [0.3, 0.4) is 0 Å². The molecule has 2 aromatic rings. The molecule has 1 heterocycles. The number of benzene rings is 1. The molecule has 0 radical (unpaired) electrons. The number of aromatic nitrogens is 2. The Kier molecular flexibility index (Phi) is 4.29. The molecule has 0 aliphatic heterocycles. The molecule has 1 aromatic heterocycles. The predicted octanol–water partition coefficient (Wildman–Crippen LogP) is 1.52. The van der Waals surface area contributed by atoms with Crippen LogP contribution < -0.4 is 16.7 Å². The molecule has 3 rings (SSSR count). The molecule has 1 saturated carbocycles. The minimum Gasteiger partial charge on any atom is -0.352 e. The Morgan fingerprint density at radius 3 is 2.86 bits per heavy atom. The standard InChI is InChI=1S/C16H22N4O2/c17-8-3-9-18-15(21)11-6-7-14-13(10-11)19-16(22)20(14)12-4-1-2-5-12/h6-7,10,12H,1-5,8-9,17H2,(H,18,21)(H,19,22). The molecule has 6 nitrogen and oxygen atoms in total. The fraction of sp³-hybridized carbons (Fsp3) is 0.500. The van der Waals surface area contributed by atoms with Crippen molar-refractivity contribution in [3.63, 3.8) is 0 Å². The van der Waals surface area contributed by atoms with Crippen molar-refractivity contribution in [2.24, 2.45) is 5.73 Å². The summed E-state index contributed by atoms with van der Waals surface area (Å²) in [5.41, 5.74) is 7.50. The van der Waals surface area contributed by atoms with Gasteiger partial charge in [0.25, 0.3) is 5.91 Å². The number of amides is 1. The van der Waals surface area contributed by atoms with Gasteiger partial charge in [0.05, 0.1) is 11.0 Å². The first-order valence-electron chi connectivity index (χ1n) is 7.93. The van der Waals surface area contributed by atoms with Crippen LogP contribution in [-0.2, 0) is 0 Å². The van der Waals surface area contributed by atoms with Gasteiger partial charge in [0, 0.05) is 18.2 Å². The molecule has 1 aliphatic carbocycles.